The molecule has 2 aliphatic rings. The molecule has 0 atom stereocenters. The van der Waals surface area contributed by atoms with Gasteiger partial charge in [0.2, 0.25) is 5.91 Å². The highest BCUT2D eigenvalue weighted by Crippen LogP contribution is 2.35. The van der Waals surface area contributed by atoms with Gasteiger partial charge in [-0.15, -0.1) is 0 Å². The van der Waals surface area contributed by atoms with Crippen molar-refractivity contribution >= 4 is 17.7 Å². The molecular formula is C32H33N5O4. The maximum absolute atomic E-state index is 12.4. The lowest BCUT2D eigenvalue weighted by Crippen LogP contribution is -2.38. The van der Waals surface area contributed by atoms with E-state index in [9.17, 15) is 14.7 Å². The summed E-state index contributed by atoms with van der Waals surface area (Å²) < 4.78 is 7.68. The molecule has 2 aromatic carbocycles. The molecule has 0 unspecified atom stereocenters. The number of nitrogens with two attached hydrogens (primary N) is 1. The molecule has 0 spiro atoms. The summed E-state index contributed by atoms with van der Waals surface area (Å²) in [6, 6.07) is 19.9. The number of hydrogen-bond donors (Lipinski definition) is 2. The van der Waals surface area contributed by atoms with E-state index in [2.05, 4.69) is 34.3 Å². The highest BCUT2D eigenvalue weighted by Gasteiger charge is 2.35. The molecule has 1 saturated heterocycles. The maximum Gasteiger partial charge on any atom is 0.341 e. The average Bonchev–Trinajstić information content (AvgIpc) is 3.77. The first-order valence-corrected chi connectivity index (χ1v) is 14.0. The number of carbonyl (C=O) groups is 2. The first-order valence-electron chi connectivity index (χ1n) is 14.0. The van der Waals surface area contributed by atoms with E-state index in [4.69, 9.17) is 15.5 Å². The third-order valence-electron chi connectivity index (χ3n) is 8.04. The van der Waals surface area contributed by atoms with Gasteiger partial charge in [0, 0.05) is 24.6 Å². The third-order valence-corrected chi connectivity index (χ3v) is 8.04. The Hall–Kier alpha value is -4.66. The second kappa shape index (κ2) is 11.1. The van der Waals surface area contributed by atoms with E-state index >= 15 is 0 Å². The van der Waals surface area contributed by atoms with E-state index in [1.165, 1.54) is 16.4 Å². The van der Waals surface area contributed by atoms with E-state index in [1.54, 1.807) is 6.07 Å². The van der Waals surface area contributed by atoms with Crippen LogP contribution in [0, 0.1) is 12.8 Å². The second-order valence-corrected chi connectivity index (χ2v) is 10.9. The largest absolute Gasteiger partial charge is 0.488 e. The molecule has 9 heteroatoms. The Kier molecular flexibility index (Phi) is 7.17. The number of piperidine rings is 1. The number of anilines is 1. The zero-order chi connectivity index (χ0) is 28.5. The molecule has 41 heavy (non-hydrogen) atoms. The molecule has 1 aliphatic heterocycles. The van der Waals surface area contributed by atoms with Crippen LogP contribution in [0.2, 0.25) is 0 Å². The Morgan fingerprint density at radius 2 is 1.73 bits per heavy atom. The lowest BCUT2D eigenvalue weighted by atomic mass is 9.89. The summed E-state index contributed by atoms with van der Waals surface area (Å²) >= 11 is 0. The van der Waals surface area contributed by atoms with Gasteiger partial charge in [0.05, 0.1) is 11.9 Å². The Bertz CT molecular complexity index is 1580. The molecule has 2 fully saturated rings. The van der Waals surface area contributed by atoms with Crippen molar-refractivity contribution in [3.63, 3.8) is 0 Å². The molecule has 0 radical (unpaired) electrons. The topological polar surface area (TPSA) is 124 Å². The normalized spacial score (nSPS) is 15.6. The van der Waals surface area contributed by atoms with Gasteiger partial charge in [-0.25, -0.2) is 9.78 Å². The summed E-state index contributed by atoms with van der Waals surface area (Å²) in [7, 11) is 0. The monoisotopic (exact) mass is 551 g/mol. The lowest BCUT2D eigenvalue weighted by Gasteiger charge is -2.32. The number of pyridine rings is 1. The van der Waals surface area contributed by atoms with Crippen LogP contribution in [0.1, 0.15) is 58.6 Å². The predicted octanol–water partition coefficient (Wildman–Crippen LogP) is 5.22. The summed E-state index contributed by atoms with van der Waals surface area (Å²) in [5.74, 6) is 1.14. The molecule has 6 rings (SSSR count). The molecule has 1 saturated carbocycles. The fraction of sp³-hybridized carbons (Fsp3) is 0.312. The van der Waals surface area contributed by atoms with Crippen molar-refractivity contribution in [2.45, 2.75) is 45.1 Å². The van der Waals surface area contributed by atoms with Gasteiger partial charge >= 0.3 is 5.97 Å². The summed E-state index contributed by atoms with van der Waals surface area (Å²) in [5, 5.41) is 13.4. The number of benzene rings is 2. The van der Waals surface area contributed by atoms with Crippen LogP contribution in [0.15, 0.2) is 66.9 Å². The first-order chi connectivity index (χ1) is 19.9. The van der Waals surface area contributed by atoms with Crippen LogP contribution in [0.3, 0.4) is 0 Å². The molecule has 1 amide bonds. The van der Waals surface area contributed by atoms with Crippen molar-refractivity contribution in [3.8, 4) is 22.8 Å². The van der Waals surface area contributed by atoms with Crippen molar-refractivity contribution in [1.29, 1.82) is 0 Å². The molecule has 1 aliphatic carbocycles. The minimum Gasteiger partial charge on any atom is -0.488 e. The molecule has 9 nitrogen and oxygen atoms in total. The number of carboxylic acids is 1. The van der Waals surface area contributed by atoms with Crippen LogP contribution in [0.4, 0.5) is 5.82 Å². The number of carbonyl (C=O) groups excluding carboxylic acids is 1. The first kappa shape index (κ1) is 26.6. The van der Waals surface area contributed by atoms with Crippen LogP contribution in [0.5, 0.6) is 5.75 Å². The lowest BCUT2D eigenvalue weighted by molar-refractivity contribution is -0.133. The molecule has 3 N–H and O–H groups in total. The Morgan fingerprint density at radius 3 is 2.41 bits per heavy atom. The molecular weight excluding hydrogens is 518 g/mol. The van der Waals surface area contributed by atoms with Crippen molar-refractivity contribution in [2.24, 2.45) is 5.92 Å². The van der Waals surface area contributed by atoms with Crippen LogP contribution < -0.4 is 10.5 Å². The smallest absolute Gasteiger partial charge is 0.341 e. The van der Waals surface area contributed by atoms with Crippen LogP contribution >= 0.6 is 0 Å². The molecule has 3 heterocycles. The number of hydrogen-bond acceptors (Lipinski definition) is 6. The number of nitrogen functional groups attached to an aromatic ring is 1. The highest BCUT2D eigenvalue weighted by molar-refractivity contribution is 5.92. The zero-order valence-electron chi connectivity index (χ0n) is 23.0. The van der Waals surface area contributed by atoms with Crippen molar-refractivity contribution in [1.82, 2.24) is 19.7 Å². The summed E-state index contributed by atoms with van der Waals surface area (Å²) in [6.07, 6.45) is 5.36. The van der Waals surface area contributed by atoms with Gasteiger partial charge in [0.25, 0.3) is 0 Å². The number of aromatic carboxylic acids is 1. The van der Waals surface area contributed by atoms with Gasteiger partial charge in [-0.05, 0) is 73.4 Å². The number of rotatable bonds is 8. The maximum atomic E-state index is 12.4. The summed E-state index contributed by atoms with van der Waals surface area (Å²) in [4.78, 5) is 30.5. The highest BCUT2D eigenvalue weighted by atomic mass is 16.5. The van der Waals surface area contributed by atoms with Gasteiger partial charge in [-0.3, -0.25) is 4.79 Å². The number of aryl methyl sites for hydroxylation is 1. The second-order valence-electron chi connectivity index (χ2n) is 10.9. The van der Waals surface area contributed by atoms with E-state index in [-0.39, 0.29) is 11.4 Å². The standard InChI is InChI=1S/C32H33N5O4/c1-20-4-2-5-25(27-6-3-7-28(35-27)37-30(33)26(18-34-37)32(39)40)29(20)41-19-21-8-10-22(11-9-21)23-14-16-36(17-15-23)31(38)24-12-13-24/h2-11,18,23-24H,12-17,19,33H2,1H3,(H,39,40). The van der Waals surface area contributed by atoms with Crippen LogP contribution in [-0.2, 0) is 11.4 Å². The van der Waals surface area contributed by atoms with Gasteiger partial charge in [0.15, 0.2) is 5.82 Å². The van der Waals surface area contributed by atoms with E-state index < -0.39 is 5.97 Å². The molecule has 4 aromatic rings. The predicted molar refractivity (Wildman–Crippen MR) is 155 cm³/mol. The van der Waals surface area contributed by atoms with Crippen molar-refractivity contribution < 1.29 is 19.4 Å². The van der Waals surface area contributed by atoms with Crippen LogP contribution in [0.25, 0.3) is 17.1 Å². The van der Waals surface area contributed by atoms with Crippen molar-refractivity contribution in [3.05, 3.63) is 89.1 Å². The third kappa shape index (κ3) is 5.52. The number of para-hydroxylation sites is 1. The Morgan fingerprint density at radius 1 is 1.00 bits per heavy atom. The quantitative estimate of drug-likeness (QED) is 0.308. The Labute approximate surface area is 238 Å². The fourth-order valence-corrected chi connectivity index (χ4v) is 5.51. The molecule has 210 valence electrons. The number of amides is 1. The molecule has 2 aromatic heterocycles. The number of carboxylic acid groups (broad SMARTS) is 1. The Balaban J connectivity index is 1.15. The van der Waals surface area contributed by atoms with Gasteiger partial charge in [-0.1, -0.05) is 42.5 Å². The van der Waals surface area contributed by atoms with Crippen LogP contribution in [-0.4, -0.2) is 49.7 Å². The zero-order valence-corrected chi connectivity index (χ0v) is 23.0. The average molecular weight is 552 g/mol. The number of aromatic nitrogens is 3. The molecule has 0 bridgehead atoms. The number of ether oxygens (including phenoxy) is 1. The van der Waals surface area contributed by atoms with Gasteiger partial charge in [0.1, 0.15) is 23.7 Å². The van der Waals surface area contributed by atoms with Crippen molar-refractivity contribution in [2.75, 3.05) is 18.8 Å². The fourth-order valence-electron chi connectivity index (χ4n) is 5.51. The number of likely N-dealkylation sites (tertiary alicyclic amines) is 1. The van der Waals surface area contributed by atoms with Gasteiger partial charge < -0.3 is 20.5 Å². The summed E-state index contributed by atoms with van der Waals surface area (Å²) in [5.41, 5.74) is 10.8. The van der Waals surface area contributed by atoms with Gasteiger partial charge in [-0.2, -0.15) is 9.78 Å². The van der Waals surface area contributed by atoms with E-state index in [0.29, 0.717) is 35.9 Å². The minimum absolute atomic E-state index is 0.0172. The van der Waals surface area contributed by atoms with E-state index in [1.807, 2.05) is 37.3 Å². The SMILES string of the molecule is Cc1cccc(-c2cccc(-n3ncc(C(=O)O)c3N)n2)c1OCc1ccc(C2CCN(C(=O)C3CC3)CC2)cc1. The number of nitrogens with zero attached hydrogens (tertiary/aromatic N) is 4. The summed E-state index contributed by atoms with van der Waals surface area (Å²) in [6.45, 7) is 4.10. The van der Waals surface area contributed by atoms with E-state index in [0.717, 1.165) is 61.2 Å². The minimum atomic E-state index is -1.14.